The van der Waals surface area contributed by atoms with Crippen molar-refractivity contribution in [1.82, 2.24) is 10.2 Å². The average Bonchev–Trinajstić information content (AvgIpc) is 3.04. The third-order valence-electron chi connectivity index (χ3n) is 5.09. The molecule has 1 N–H and O–H groups in total. The molecule has 1 heterocycles. The molecule has 0 radical (unpaired) electrons. The van der Waals surface area contributed by atoms with E-state index in [4.69, 9.17) is 0 Å². The van der Waals surface area contributed by atoms with Gasteiger partial charge in [0.05, 0.1) is 6.54 Å². The lowest BCUT2D eigenvalue weighted by molar-refractivity contribution is -0.136. The maximum atomic E-state index is 12.9. The first-order valence-corrected chi connectivity index (χ1v) is 8.42. The summed E-state index contributed by atoms with van der Waals surface area (Å²) < 4.78 is 0. The lowest BCUT2D eigenvalue weighted by atomic mass is 9.88. The van der Waals surface area contributed by atoms with Crippen LogP contribution in [-0.2, 0) is 28.0 Å². The zero-order chi connectivity index (χ0) is 17.7. The van der Waals surface area contributed by atoms with Gasteiger partial charge in [-0.3, -0.25) is 14.5 Å². The molecule has 1 aliphatic carbocycles. The number of ketones is 1. The Hall–Kier alpha value is -2.17. The number of carbonyl (C=O) groups is 3. The third-order valence-corrected chi connectivity index (χ3v) is 5.09. The molecule has 5 nitrogen and oxygen atoms in total. The minimum Gasteiger partial charge on any atom is -0.319 e. The van der Waals surface area contributed by atoms with Crippen molar-refractivity contribution in [2.24, 2.45) is 5.41 Å². The highest BCUT2D eigenvalue weighted by atomic mass is 16.2. The van der Waals surface area contributed by atoms with Gasteiger partial charge in [0.2, 0.25) is 0 Å². The van der Waals surface area contributed by atoms with E-state index in [1.807, 2.05) is 18.2 Å². The fourth-order valence-corrected chi connectivity index (χ4v) is 3.30. The number of nitrogens with one attached hydrogen (secondary N) is 1. The summed E-state index contributed by atoms with van der Waals surface area (Å²) in [5, 5.41) is 2.78. The first-order valence-electron chi connectivity index (χ1n) is 8.42. The van der Waals surface area contributed by atoms with E-state index in [-0.39, 0.29) is 18.2 Å². The molecular weight excluding hydrogens is 304 g/mol. The van der Waals surface area contributed by atoms with E-state index in [1.54, 1.807) is 27.7 Å². The second-order valence-electron chi connectivity index (χ2n) is 7.96. The Morgan fingerprint density at radius 3 is 2.54 bits per heavy atom. The zero-order valence-electron chi connectivity index (χ0n) is 14.7. The molecule has 1 saturated heterocycles. The van der Waals surface area contributed by atoms with Crippen LogP contribution in [0.15, 0.2) is 18.2 Å². The minimum absolute atomic E-state index is 0.135. The Morgan fingerprint density at radius 2 is 1.88 bits per heavy atom. The van der Waals surface area contributed by atoms with Crippen LogP contribution in [0.5, 0.6) is 0 Å². The van der Waals surface area contributed by atoms with E-state index < -0.39 is 17.0 Å². The Kier molecular flexibility index (Phi) is 3.78. The van der Waals surface area contributed by atoms with Gasteiger partial charge in [-0.05, 0) is 42.9 Å². The predicted octanol–water partition coefficient (Wildman–Crippen LogP) is 2.56. The van der Waals surface area contributed by atoms with Crippen LogP contribution in [0.25, 0.3) is 0 Å². The van der Waals surface area contributed by atoms with Gasteiger partial charge < -0.3 is 5.32 Å². The van der Waals surface area contributed by atoms with Gasteiger partial charge in [0, 0.05) is 5.41 Å². The lowest BCUT2D eigenvalue weighted by Crippen LogP contribution is -2.42. The van der Waals surface area contributed by atoms with Crippen LogP contribution in [-0.4, -0.2) is 29.2 Å². The summed E-state index contributed by atoms with van der Waals surface area (Å²) in [7, 11) is 0. The predicted molar refractivity (Wildman–Crippen MR) is 90.5 cm³/mol. The van der Waals surface area contributed by atoms with Crippen LogP contribution in [0.2, 0.25) is 0 Å². The second kappa shape index (κ2) is 5.43. The second-order valence-corrected chi connectivity index (χ2v) is 7.96. The van der Waals surface area contributed by atoms with E-state index in [1.165, 1.54) is 11.1 Å². The molecule has 24 heavy (non-hydrogen) atoms. The first kappa shape index (κ1) is 16.7. The van der Waals surface area contributed by atoms with Crippen LogP contribution in [0.3, 0.4) is 0 Å². The molecule has 1 aliphatic heterocycles. The Bertz CT molecular complexity index is 733. The number of Topliss-reactive ketones (excluding diaryl/α,β-unsaturated/α-hetero) is 1. The van der Waals surface area contributed by atoms with Gasteiger partial charge in [-0.15, -0.1) is 0 Å². The highest BCUT2D eigenvalue weighted by Gasteiger charge is 2.50. The molecule has 1 unspecified atom stereocenters. The zero-order valence-corrected chi connectivity index (χ0v) is 14.7. The number of fused-ring (bicyclic) bond motifs is 1. The minimum atomic E-state index is -1.10. The van der Waals surface area contributed by atoms with E-state index in [0.717, 1.165) is 29.7 Å². The van der Waals surface area contributed by atoms with Crippen molar-refractivity contribution in [2.75, 3.05) is 6.54 Å². The summed E-state index contributed by atoms with van der Waals surface area (Å²) in [6.45, 7) is 6.88. The molecule has 3 rings (SSSR count). The molecule has 128 valence electrons. The number of carbonyl (C=O) groups excluding carboxylic acids is 3. The number of amides is 3. The third kappa shape index (κ3) is 2.62. The summed E-state index contributed by atoms with van der Waals surface area (Å²) in [6.07, 6.45) is 3.20. The van der Waals surface area contributed by atoms with Crippen LogP contribution in [0, 0.1) is 5.41 Å². The van der Waals surface area contributed by atoms with Gasteiger partial charge >= 0.3 is 6.03 Å². The molecule has 3 amide bonds. The largest absolute Gasteiger partial charge is 0.325 e. The normalized spacial score (nSPS) is 23.4. The van der Waals surface area contributed by atoms with Crippen molar-refractivity contribution in [3.63, 3.8) is 0 Å². The smallest absolute Gasteiger partial charge is 0.319 e. The van der Waals surface area contributed by atoms with Gasteiger partial charge in [0.25, 0.3) is 5.91 Å². The maximum absolute atomic E-state index is 12.9. The fraction of sp³-hybridized carbons (Fsp3) is 0.526. The summed E-state index contributed by atoms with van der Waals surface area (Å²) in [5.74, 6) is -0.493. The van der Waals surface area contributed by atoms with Gasteiger partial charge in [-0.2, -0.15) is 0 Å². The molecule has 0 saturated carbocycles. The van der Waals surface area contributed by atoms with Crippen LogP contribution in [0.4, 0.5) is 4.79 Å². The number of rotatable bonds is 3. The van der Waals surface area contributed by atoms with Crippen molar-refractivity contribution in [3.05, 3.63) is 34.9 Å². The summed E-state index contributed by atoms with van der Waals surface area (Å²) >= 11 is 0. The van der Waals surface area contributed by atoms with Crippen LogP contribution < -0.4 is 5.32 Å². The highest BCUT2D eigenvalue weighted by Crippen LogP contribution is 2.33. The fourth-order valence-electron chi connectivity index (χ4n) is 3.30. The molecule has 1 aromatic rings. The summed E-state index contributed by atoms with van der Waals surface area (Å²) in [4.78, 5) is 38.5. The topological polar surface area (TPSA) is 66.5 Å². The number of hydrogen-bond acceptors (Lipinski definition) is 3. The van der Waals surface area contributed by atoms with Gasteiger partial charge in [-0.1, -0.05) is 39.0 Å². The van der Waals surface area contributed by atoms with Crippen LogP contribution in [0.1, 0.15) is 50.8 Å². The molecule has 2 aliphatic rings. The average molecular weight is 328 g/mol. The van der Waals surface area contributed by atoms with Gasteiger partial charge in [0.1, 0.15) is 5.54 Å². The Morgan fingerprint density at radius 1 is 1.21 bits per heavy atom. The summed E-state index contributed by atoms with van der Waals surface area (Å²) in [6, 6.07) is 5.49. The molecule has 5 heteroatoms. The Labute approximate surface area is 142 Å². The molecule has 1 atom stereocenters. The number of benzene rings is 1. The summed E-state index contributed by atoms with van der Waals surface area (Å²) in [5.41, 5.74) is 1.66. The number of aryl methyl sites for hydroxylation is 2. The lowest BCUT2D eigenvalue weighted by Gasteiger charge is -2.24. The monoisotopic (exact) mass is 328 g/mol. The van der Waals surface area contributed by atoms with Crippen molar-refractivity contribution in [1.29, 1.82) is 0 Å². The quantitative estimate of drug-likeness (QED) is 0.867. The van der Waals surface area contributed by atoms with Crippen LogP contribution >= 0.6 is 0 Å². The van der Waals surface area contributed by atoms with Crippen molar-refractivity contribution in [2.45, 2.75) is 52.5 Å². The number of nitrogens with zero attached hydrogens (tertiary/aromatic N) is 1. The molecule has 1 fully saturated rings. The molecule has 0 spiro atoms. The standard InChI is InChI=1S/C19H24N2O3/c1-18(2,3)15(22)11-21-16(23)19(4,20-17(21)24)14-9-8-12-6-5-7-13(12)10-14/h8-10H,5-7,11H2,1-4H3,(H,20,24). The molecular formula is C19H24N2O3. The van der Waals surface area contributed by atoms with Gasteiger partial charge in [-0.25, -0.2) is 4.79 Å². The van der Waals surface area contributed by atoms with E-state index in [9.17, 15) is 14.4 Å². The number of imide groups is 1. The van der Waals surface area contributed by atoms with Crippen molar-refractivity contribution in [3.8, 4) is 0 Å². The van der Waals surface area contributed by atoms with Crippen molar-refractivity contribution >= 4 is 17.7 Å². The number of urea groups is 1. The molecule has 0 bridgehead atoms. The molecule has 1 aromatic carbocycles. The highest BCUT2D eigenvalue weighted by molar-refractivity contribution is 6.09. The molecule has 0 aromatic heterocycles. The van der Waals surface area contributed by atoms with E-state index >= 15 is 0 Å². The van der Waals surface area contributed by atoms with E-state index in [0.29, 0.717) is 0 Å². The van der Waals surface area contributed by atoms with Gasteiger partial charge in [0.15, 0.2) is 5.78 Å². The number of hydrogen-bond donors (Lipinski definition) is 1. The van der Waals surface area contributed by atoms with E-state index in [2.05, 4.69) is 5.32 Å². The SMILES string of the molecule is CC(C)(C)C(=O)CN1C(=O)NC(C)(c2ccc3c(c2)CCC3)C1=O. The van der Waals surface area contributed by atoms with Crippen molar-refractivity contribution < 1.29 is 14.4 Å². The Balaban J connectivity index is 1.88. The first-order chi connectivity index (χ1) is 11.1. The maximum Gasteiger partial charge on any atom is 0.325 e.